The predicted molar refractivity (Wildman–Crippen MR) is 67.0 cm³/mol. The Morgan fingerprint density at radius 3 is 2.56 bits per heavy atom. The molecule has 0 aliphatic carbocycles. The number of aliphatic hydroxyl groups is 1. The first-order valence-corrected chi connectivity index (χ1v) is 6.57. The van der Waals surface area contributed by atoms with Gasteiger partial charge in [0.15, 0.2) is 5.13 Å². The number of hydrogen-bond acceptors (Lipinski definition) is 5. The maximum atomic E-state index is 9.01. The number of piperazine rings is 1. The lowest BCUT2D eigenvalue weighted by Gasteiger charge is -2.36. The Bertz CT molecular complexity index is 332. The van der Waals surface area contributed by atoms with Gasteiger partial charge in [0, 0.05) is 38.4 Å². The van der Waals surface area contributed by atoms with Gasteiger partial charge in [-0.05, 0) is 13.8 Å². The van der Waals surface area contributed by atoms with Crippen LogP contribution < -0.4 is 4.90 Å². The topological polar surface area (TPSA) is 39.6 Å². The zero-order chi connectivity index (χ0) is 11.5. The SMILES string of the molecule is CC(C)N1CCN(c2ncc(CO)s2)CC1. The van der Waals surface area contributed by atoms with E-state index in [1.165, 1.54) is 0 Å². The second kappa shape index (κ2) is 5.12. The zero-order valence-corrected chi connectivity index (χ0v) is 10.7. The Labute approximate surface area is 101 Å². The van der Waals surface area contributed by atoms with E-state index in [1.54, 1.807) is 17.5 Å². The summed E-state index contributed by atoms with van der Waals surface area (Å²) in [6.45, 7) is 8.86. The van der Waals surface area contributed by atoms with Gasteiger partial charge in [-0.3, -0.25) is 4.90 Å². The molecule has 0 bridgehead atoms. The van der Waals surface area contributed by atoms with E-state index in [1.807, 2.05) is 0 Å². The third-order valence-electron chi connectivity index (χ3n) is 3.01. The molecule has 2 rings (SSSR count). The molecule has 0 unspecified atom stereocenters. The van der Waals surface area contributed by atoms with Crippen LogP contribution >= 0.6 is 11.3 Å². The number of anilines is 1. The summed E-state index contributed by atoms with van der Waals surface area (Å²) in [5, 5.41) is 10.1. The third kappa shape index (κ3) is 2.53. The zero-order valence-electron chi connectivity index (χ0n) is 9.89. The van der Waals surface area contributed by atoms with Gasteiger partial charge in [0.2, 0.25) is 0 Å². The first kappa shape index (κ1) is 11.8. The molecular formula is C11H19N3OS. The van der Waals surface area contributed by atoms with Crippen LogP contribution in [0.4, 0.5) is 5.13 Å². The summed E-state index contributed by atoms with van der Waals surface area (Å²) in [5.41, 5.74) is 0. The molecule has 0 spiro atoms. The van der Waals surface area contributed by atoms with E-state index < -0.39 is 0 Å². The van der Waals surface area contributed by atoms with Crippen molar-refractivity contribution >= 4 is 16.5 Å². The van der Waals surface area contributed by atoms with Crippen LogP contribution in [0.25, 0.3) is 0 Å². The molecule has 1 fully saturated rings. The van der Waals surface area contributed by atoms with Crippen molar-refractivity contribution in [1.82, 2.24) is 9.88 Å². The summed E-state index contributed by atoms with van der Waals surface area (Å²) in [5.74, 6) is 0. The third-order valence-corrected chi connectivity index (χ3v) is 4.06. The van der Waals surface area contributed by atoms with Crippen LogP contribution in [-0.4, -0.2) is 47.2 Å². The van der Waals surface area contributed by atoms with E-state index >= 15 is 0 Å². The van der Waals surface area contributed by atoms with Crippen molar-refractivity contribution in [3.05, 3.63) is 11.1 Å². The molecule has 0 saturated carbocycles. The molecular weight excluding hydrogens is 222 g/mol. The fraction of sp³-hybridized carbons (Fsp3) is 0.727. The second-order valence-corrected chi connectivity index (χ2v) is 5.48. The van der Waals surface area contributed by atoms with Gasteiger partial charge >= 0.3 is 0 Å². The second-order valence-electron chi connectivity index (χ2n) is 4.38. The smallest absolute Gasteiger partial charge is 0.185 e. The molecule has 0 radical (unpaired) electrons. The van der Waals surface area contributed by atoms with Gasteiger partial charge in [-0.15, -0.1) is 0 Å². The summed E-state index contributed by atoms with van der Waals surface area (Å²) < 4.78 is 0. The molecule has 2 heterocycles. The predicted octanol–water partition coefficient (Wildman–Crippen LogP) is 1.17. The standard InChI is InChI=1S/C11H19N3OS/c1-9(2)13-3-5-14(6-4-13)11-12-7-10(8-15)16-11/h7,9,15H,3-6,8H2,1-2H3. The van der Waals surface area contributed by atoms with E-state index in [2.05, 4.69) is 28.6 Å². The lowest BCUT2D eigenvalue weighted by atomic mass is 10.2. The number of aromatic nitrogens is 1. The van der Waals surface area contributed by atoms with E-state index in [4.69, 9.17) is 5.11 Å². The van der Waals surface area contributed by atoms with Crippen LogP contribution in [0.1, 0.15) is 18.7 Å². The number of rotatable bonds is 3. The van der Waals surface area contributed by atoms with Crippen molar-refractivity contribution in [1.29, 1.82) is 0 Å². The van der Waals surface area contributed by atoms with Gasteiger partial charge < -0.3 is 10.0 Å². The van der Waals surface area contributed by atoms with E-state index in [-0.39, 0.29) is 6.61 Å². The van der Waals surface area contributed by atoms with Crippen molar-refractivity contribution in [2.75, 3.05) is 31.1 Å². The maximum Gasteiger partial charge on any atom is 0.185 e. The van der Waals surface area contributed by atoms with Crippen LogP contribution in [0.3, 0.4) is 0 Å². The highest BCUT2D eigenvalue weighted by atomic mass is 32.1. The van der Waals surface area contributed by atoms with E-state index in [0.717, 1.165) is 36.2 Å². The highest BCUT2D eigenvalue weighted by molar-refractivity contribution is 7.15. The average Bonchev–Trinajstić information content (AvgIpc) is 2.77. The van der Waals surface area contributed by atoms with Gasteiger partial charge in [-0.25, -0.2) is 4.98 Å². The number of hydrogen-bond donors (Lipinski definition) is 1. The van der Waals surface area contributed by atoms with E-state index in [9.17, 15) is 0 Å². The van der Waals surface area contributed by atoms with Crippen LogP contribution in [0, 0.1) is 0 Å². The Morgan fingerprint density at radius 1 is 1.38 bits per heavy atom. The molecule has 5 heteroatoms. The Hall–Kier alpha value is -0.650. The van der Waals surface area contributed by atoms with Gasteiger partial charge in [0.1, 0.15) is 0 Å². The molecule has 0 amide bonds. The molecule has 4 nitrogen and oxygen atoms in total. The molecule has 90 valence electrons. The summed E-state index contributed by atoms with van der Waals surface area (Å²) >= 11 is 1.60. The van der Waals surface area contributed by atoms with Gasteiger partial charge in [0.05, 0.1) is 11.5 Å². The minimum Gasteiger partial charge on any atom is -0.391 e. The minimum absolute atomic E-state index is 0.101. The van der Waals surface area contributed by atoms with Crippen molar-refractivity contribution < 1.29 is 5.11 Å². The molecule has 0 atom stereocenters. The summed E-state index contributed by atoms with van der Waals surface area (Å²) in [7, 11) is 0. The van der Waals surface area contributed by atoms with Crippen LogP contribution in [0.5, 0.6) is 0 Å². The van der Waals surface area contributed by atoms with Crippen LogP contribution in [-0.2, 0) is 6.61 Å². The maximum absolute atomic E-state index is 9.01. The Kier molecular flexibility index (Phi) is 3.78. The molecule has 16 heavy (non-hydrogen) atoms. The summed E-state index contributed by atoms with van der Waals surface area (Å²) in [6, 6.07) is 0.631. The van der Waals surface area contributed by atoms with Crippen molar-refractivity contribution in [2.24, 2.45) is 0 Å². The molecule has 1 aromatic heterocycles. The quantitative estimate of drug-likeness (QED) is 0.862. The number of thiazole rings is 1. The molecule has 0 aromatic carbocycles. The Balaban J connectivity index is 1.93. The first-order chi connectivity index (χ1) is 7.70. The molecule has 1 saturated heterocycles. The van der Waals surface area contributed by atoms with Crippen molar-refractivity contribution in [3.8, 4) is 0 Å². The summed E-state index contributed by atoms with van der Waals surface area (Å²) in [6.07, 6.45) is 1.77. The lowest BCUT2D eigenvalue weighted by molar-refractivity contribution is 0.209. The van der Waals surface area contributed by atoms with Gasteiger partial charge in [-0.1, -0.05) is 11.3 Å². The average molecular weight is 241 g/mol. The fourth-order valence-electron chi connectivity index (χ4n) is 1.95. The molecule has 1 aliphatic rings. The normalized spacial score (nSPS) is 18.4. The van der Waals surface area contributed by atoms with Crippen LogP contribution in [0.2, 0.25) is 0 Å². The van der Waals surface area contributed by atoms with E-state index in [0.29, 0.717) is 6.04 Å². The molecule has 1 aromatic rings. The summed E-state index contributed by atoms with van der Waals surface area (Å²) in [4.78, 5) is 10.1. The van der Waals surface area contributed by atoms with Crippen molar-refractivity contribution in [3.63, 3.8) is 0 Å². The highest BCUT2D eigenvalue weighted by Crippen LogP contribution is 2.23. The number of nitrogens with zero attached hydrogens (tertiary/aromatic N) is 3. The lowest BCUT2D eigenvalue weighted by Crippen LogP contribution is -2.48. The molecule has 1 aliphatic heterocycles. The number of aliphatic hydroxyl groups excluding tert-OH is 1. The largest absolute Gasteiger partial charge is 0.391 e. The highest BCUT2D eigenvalue weighted by Gasteiger charge is 2.20. The van der Waals surface area contributed by atoms with Gasteiger partial charge in [0.25, 0.3) is 0 Å². The Morgan fingerprint density at radius 2 is 2.06 bits per heavy atom. The van der Waals surface area contributed by atoms with Crippen molar-refractivity contribution in [2.45, 2.75) is 26.5 Å². The fourth-order valence-corrected chi connectivity index (χ4v) is 2.77. The molecule has 1 N–H and O–H groups in total. The van der Waals surface area contributed by atoms with Gasteiger partial charge in [-0.2, -0.15) is 0 Å². The monoisotopic (exact) mass is 241 g/mol. The first-order valence-electron chi connectivity index (χ1n) is 5.75. The minimum atomic E-state index is 0.101. The van der Waals surface area contributed by atoms with Crippen LogP contribution in [0.15, 0.2) is 6.20 Å².